The molecule has 0 saturated carbocycles. The number of hydrogen-bond donors (Lipinski definition) is 1. The van der Waals surface area contributed by atoms with Gasteiger partial charge in [-0.3, -0.25) is 4.90 Å². The largest absolute Gasteiger partial charge is 0.319 e. The molecule has 0 aliphatic carbocycles. The molecule has 0 radical (unpaired) electrons. The SMILES string of the molecule is CCc1ccc(C(C)N2CCC(CNC)C2)s1. The molecule has 1 aromatic rings. The third-order valence-corrected chi connectivity index (χ3v) is 5.20. The van der Waals surface area contributed by atoms with Gasteiger partial charge in [0.1, 0.15) is 0 Å². The van der Waals surface area contributed by atoms with Crippen LogP contribution in [0.15, 0.2) is 12.1 Å². The van der Waals surface area contributed by atoms with Crippen molar-refractivity contribution in [3.8, 4) is 0 Å². The summed E-state index contributed by atoms with van der Waals surface area (Å²) in [6.07, 6.45) is 2.51. The molecule has 0 amide bonds. The minimum absolute atomic E-state index is 0.599. The number of rotatable bonds is 5. The van der Waals surface area contributed by atoms with Crippen molar-refractivity contribution in [2.45, 2.75) is 32.7 Å². The summed E-state index contributed by atoms with van der Waals surface area (Å²) in [6, 6.07) is 5.21. The molecule has 1 N–H and O–H groups in total. The van der Waals surface area contributed by atoms with Gasteiger partial charge in [-0.25, -0.2) is 0 Å². The third-order valence-electron chi connectivity index (χ3n) is 3.80. The smallest absolute Gasteiger partial charge is 0.0413 e. The Bertz CT molecular complexity index is 348. The molecule has 0 bridgehead atoms. The van der Waals surface area contributed by atoms with E-state index in [-0.39, 0.29) is 0 Å². The summed E-state index contributed by atoms with van der Waals surface area (Å²) in [7, 11) is 2.05. The van der Waals surface area contributed by atoms with E-state index in [9.17, 15) is 0 Å². The normalized spacial score (nSPS) is 23.1. The highest BCUT2D eigenvalue weighted by Gasteiger charge is 2.26. The van der Waals surface area contributed by atoms with Crippen LogP contribution < -0.4 is 5.32 Å². The molecular weight excluding hydrogens is 228 g/mol. The lowest BCUT2D eigenvalue weighted by molar-refractivity contribution is 0.255. The van der Waals surface area contributed by atoms with Crippen molar-refractivity contribution in [3.05, 3.63) is 21.9 Å². The molecule has 1 saturated heterocycles. The molecule has 2 atom stereocenters. The van der Waals surface area contributed by atoms with Gasteiger partial charge in [0.05, 0.1) is 0 Å². The molecule has 3 heteroatoms. The van der Waals surface area contributed by atoms with E-state index >= 15 is 0 Å². The van der Waals surface area contributed by atoms with Crippen molar-refractivity contribution in [2.75, 3.05) is 26.7 Å². The van der Waals surface area contributed by atoms with Crippen LogP contribution in [0.25, 0.3) is 0 Å². The summed E-state index contributed by atoms with van der Waals surface area (Å²) in [6.45, 7) is 8.26. The van der Waals surface area contributed by atoms with Gasteiger partial charge < -0.3 is 5.32 Å². The molecule has 1 fully saturated rings. The van der Waals surface area contributed by atoms with E-state index < -0.39 is 0 Å². The van der Waals surface area contributed by atoms with Crippen molar-refractivity contribution in [1.29, 1.82) is 0 Å². The van der Waals surface area contributed by atoms with E-state index in [4.69, 9.17) is 0 Å². The summed E-state index contributed by atoms with van der Waals surface area (Å²) >= 11 is 1.99. The third kappa shape index (κ3) is 3.09. The summed E-state index contributed by atoms with van der Waals surface area (Å²) < 4.78 is 0. The van der Waals surface area contributed by atoms with Gasteiger partial charge in [-0.05, 0) is 58.0 Å². The second-order valence-corrected chi connectivity index (χ2v) is 6.24. The Balaban J connectivity index is 1.94. The van der Waals surface area contributed by atoms with Crippen LogP contribution in [0.3, 0.4) is 0 Å². The first-order valence-electron chi connectivity index (χ1n) is 6.71. The number of nitrogens with one attached hydrogen (secondary N) is 1. The van der Waals surface area contributed by atoms with Crippen molar-refractivity contribution in [1.82, 2.24) is 10.2 Å². The highest BCUT2D eigenvalue weighted by Crippen LogP contribution is 2.31. The zero-order chi connectivity index (χ0) is 12.3. The first-order chi connectivity index (χ1) is 8.24. The summed E-state index contributed by atoms with van der Waals surface area (Å²) in [5, 5.41) is 3.30. The van der Waals surface area contributed by atoms with Crippen molar-refractivity contribution in [2.24, 2.45) is 5.92 Å². The van der Waals surface area contributed by atoms with Gasteiger partial charge in [0, 0.05) is 22.3 Å². The maximum atomic E-state index is 3.30. The van der Waals surface area contributed by atoms with Gasteiger partial charge in [-0.1, -0.05) is 6.92 Å². The van der Waals surface area contributed by atoms with Gasteiger partial charge in [-0.15, -0.1) is 11.3 Å². The first kappa shape index (κ1) is 13.1. The van der Waals surface area contributed by atoms with E-state index in [1.54, 1.807) is 0 Å². The fraction of sp³-hybridized carbons (Fsp3) is 0.714. The molecule has 1 aliphatic rings. The molecule has 0 spiro atoms. The second-order valence-electron chi connectivity index (χ2n) is 5.04. The number of hydrogen-bond acceptors (Lipinski definition) is 3. The van der Waals surface area contributed by atoms with E-state index in [0.29, 0.717) is 6.04 Å². The van der Waals surface area contributed by atoms with E-state index in [1.165, 1.54) is 35.7 Å². The monoisotopic (exact) mass is 252 g/mol. The predicted octanol–water partition coefficient (Wildman–Crippen LogP) is 2.91. The van der Waals surface area contributed by atoms with Gasteiger partial charge in [0.2, 0.25) is 0 Å². The van der Waals surface area contributed by atoms with Crippen molar-refractivity contribution in [3.63, 3.8) is 0 Å². The van der Waals surface area contributed by atoms with Gasteiger partial charge in [0.15, 0.2) is 0 Å². The van der Waals surface area contributed by atoms with Crippen LogP contribution in [0.5, 0.6) is 0 Å². The molecule has 17 heavy (non-hydrogen) atoms. The lowest BCUT2D eigenvalue weighted by Crippen LogP contribution is -2.26. The molecule has 96 valence electrons. The number of thiophene rings is 1. The quantitative estimate of drug-likeness (QED) is 0.867. The standard InChI is InChI=1S/C14H24N2S/c1-4-13-5-6-14(17-13)11(2)16-8-7-12(10-16)9-15-3/h5-6,11-12,15H,4,7-10H2,1-3H3. The number of likely N-dealkylation sites (tertiary alicyclic amines) is 1. The second kappa shape index (κ2) is 5.98. The zero-order valence-electron chi connectivity index (χ0n) is 11.2. The Morgan fingerprint density at radius 2 is 2.35 bits per heavy atom. The molecule has 2 nitrogen and oxygen atoms in total. The Hall–Kier alpha value is -0.380. The molecule has 2 rings (SSSR count). The van der Waals surface area contributed by atoms with Crippen LogP contribution in [0.1, 0.15) is 36.1 Å². The van der Waals surface area contributed by atoms with Gasteiger partial charge >= 0.3 is 0 Å². The highest BCUT2D eigenvalue weighted by molar-refractivity contribution is 7.12. The van der Waals surface area contributed by atoms with Crippen LogP contribution in [0.4, 0.5) is 0 Å². The molecule has 2 unspecified atom stereocenters. The number of aryl methyl sites for hydroxylation is 1. The van der Waals surface area contributed by atoms with Crippen molar-refractivity contribution >= 4 is 11.3 Å². The fourth-order valence-electron chi connectivity index (χ4n) is 2.66. The Labute approximate surface area is 109 Å². The lowest BCUT2D eigenvalue weighted by atomic mass is 10.1. The van der Waals surface area contributed by atoms with Gasteiger partial charge in [-0.2, -0.15) is 0 Å². The molecule has 0 aromatic carbocycles. The maximum Gasteiger partial charge on any atom is 0.0413 e. The minimum atomic E-state index is 0.599. The van der Waals surface area contributed by atoms with Crippen LogP contribution in [-0.4, -0.2) is 31.6 Å². The highest BCUT2D eigenvalue weighted by atomic mass is 32.1. The Morgan fingerprint density at radius 3 is 3.00 bits per heavy atom. The van der Waals surface area contributed by atoms with Crippen LogP contribution >= 0.6 is 11.3 Å². The van der Waals surface area contributed by atoms with Crippen LogP contribution in [-0.2, 0) is 6.42 Å². The average molecular weight is 252 g/mol. The lowest BCUT2D eigenvalue weighted by Gasteiger charge is -2.23. The zero-order valence-corrected chi connectivity index (χ0v) is 12.0. The molecule has 2 heterocycles. The molecule has 1 aliphatic heterocycles. The molecular formula is C14H24N2S. The van der Waals surface area contributed by atoms with E-state index in [1.807, 2.05) is 11.3 Å². The van der Waals surface area contributed by atoms with Crippen LogP contribution in [0, 0.1) is 5.92 Å². The van der Waals surface area contributed by atoms with Crippen LogP contribution in [0.2, 0.25) is 0 Å². The summed E-state index contributed by atoms with van der Waals surface area (Å²) in [5.41, 5.74) is 0. The molecule has 1 aromatic heterocycles. The Morgan fingerprint density at radius 1 is 1.53 bits per heavy atom. The van der Waals surface area contributed by atoms with Gasteiger partial charge in [0.25, 0.3) is 0 Å². The minimum Gasteiger partial charge on any atom is -0.319 e. The predicted molar refractivity (Wildman–Crippen MR) is 75.7 cm³/mol. The maximum absolute atomic E-state index is 3.30. The average Bonchev–Trinajstić information content (AvgIpc) is 2.97. The summed E-state index contributed by atoms with van der Waals surface area (Å²) in [5.74, 6) is 0.841. The van der Waals surface area contributed by atoms with Crippen molar-refractivity contribution < 1.29 is 0 Å². The Kier molecular flexibility index (Phi) is 4.60. The number of nitrogens with zero attached hydrogens (tertiary/aromatic N) is 1. The fourth-order valence-corrected chi connectivity index (χ4v) is 3.70. The first-order valence-corrected chi connectivity index (χ1v) is 7.53. The van der Waals surface area contributed by atoms with E-state index in [2.05, 4.69) is 43.2 Å². The topological polar surface area (TPSA) is 15.3 Å². The summed E-state index contributed by atoms with van der Waals surface area (Å²) in [4.78, 5) is 5.68. The van der Waals surface area contributed by atoms with E-state index in [0.717, 1.165) is 12.5 Å².